The second-order valence-corrected chi connectivity index (χ2v) is 9.10. The van der Waals surface area contributed by atoms with Gasteiger partial charge in [-0.2, -0.15) is 0 Å². The van der Waals surface area contributed by atoms with Crippen LogP contribution in [0.15, 0.2) is 64.5 Å². The number of ether oxygens (including phenoxy) is 1. The van der Waals surface area contributed by atoms with Gasteiger partial charge in [-0.15, -0.1) is 11.8 Å². The first kappa shape index (κ1) is 19.9. The first-order valence-electron chi connectivity index (χ1n) is 10.1. The maximum atomic E-state index is 14.3. The van der Waals surface area contributed by atoms with E-state index >= 15 is 0 Å². The predicted octanol–water partition coefficient (Wildman–Crippen LogP) is 6.25. The number of benzene rings is 2. The number of aromatic nitrogens is 2. The third-order valence-electron chi connectivity index (χ3n) is 5.60. The van der Waals surface area contributed by atoms with E-state index in [-0.39, 0.29) is 11.3 Å². The van der Waals surface area contributed by atoms with Crippen molar-refractivity contribution in [2.75, 3.05) is 0 Å². The first-order chi connectivity index (χ1) is 15.0. The second kappa shape index (κ2) is 7.89. The minimum Gasteiger partial charge on any atom is -0.454 e. The van der Waals surface area contributed by atoms with Gasteiger partial charge in [-0.25, -0.2) is 8.78 Å². The molecule has 0 radical (unpaired) electrons. The van der Waals surface area contributed by atoms with Crippen LogP contribution in [0.3, 0.4) is 0 Å². The van der Waals surface area contributed by atoms with Gasteiger partial charge in [0.05, 0.1) is 0 Å². The van der Waals surface area contributed by atoms with Gasteiger partial charge in [0.25, 0.3) is 5.56 Å². The molecule has 7 heteroatoms. The number of pyridine rings is 1. The van der Waals surface area contributed by atoms with Crippen LogP contribution in [-0.2, 0) is 7.05 Å². The lowest BCUT2D eigenvalue weighted by Crippen LogP contribution is -2.16. The van der Waals surface area contributed by atoms with Crippen LogP contribution in [0.2, 0.25) is 0 Å². The molecule has 4 nitrogen and oxygen atoms in total. The number of aromatic amines is 1. The molecule has 0 amide bonds. The molecular formula is C24H20F2N2O2S. The Bertz CT molecular complexity index is 1340. The largest absolute Gasteiger partial charge is 0.454 e. The van der Waals surface area contributed by atoms with Crippen LogP contribution in [0.1, 0.15) is 19.3 Å². The number of hydrogen-bond acceptors (Lipinski definition) is 3. The van der Waals surface area contributed by atoms with Crippen LogP contribution in [0.25, 0.3) is 22.0 Å². The van der Waals surface area contributed by atoms with Crippen LogP contribution < -0.4 is 10.3 Å². The Morgan fingerprint density at radius 2 is 1.87 bits per heavy atom. The van der Waals surface area contributed by atoms with Crippen LogP contribution in [-0.4, -0.2) is 14.8 Å². The highest BCUT2D eigenvalue weighted by Gasteiger charge is 2.21. The smallest absolute Gasteiger partial charge is 0.274 e. The van der Waals surface area contributed by atoms with Gasteiger partial charge < -0.3 is 14.3 Å². The molecule has 2 aromatic heterocycles. The quantitative estimate of drug-likeness (QED) is 0.401. The molecule has 31 heavy (non-hydrogen) atoms. The number of rotatable bonds is 5. The summed E-state index contributed by atoms with van der Waals surface area (Å²) >= 11 is 1.82. The molecule has 0 bridgehead atoms. The van der Waals surface area contributed by atoms with Crippen LogP contribution in [0, 0.1) is 11.6 Å². The average Bonchev–Trinajstić information content (AvgIpc) is 3.21. The minimum atomic E-state index is -0.772. The Morgan fingerprint density at radius 3 is 2.61 bits per heavy atom. The number of fused-ring (bicyclic) bond motifs is 1. The van der Waals surface area contributed by atoms with E-state index in [9.17, 15) is 13.6 Å². The lowest BCUT2D eigenvalue weighted by atomic mass is 10.00. The third-order valence-corrected chi connectivity index (χ3v) is 6.93. The Hall–Kier alpha value is -3.06. The number of halogens is 2. The van der Waals surface area contributed by atoms with Gasteiger partial charge in [-0.05, 0) is 49.2 Å². The molecule has 1 aliphatic rings. The summed E-state index contributed by atoms with van der Waals surface area (Å²) in [6.07, 6.45) is 7.13. The summed E-state index contributed by atoms with van der Waals surface area (Å²) in [4.78, 5) is 16.6. The predicted molar refractivity (Wildman–Crippen MR) is 119 cm³/mol. The molecule has 1 fully saturated rings. The topological polar surface area (TPSA) is 47.0 Å². The number of thioether (sulfide) groups is 1. The van der Waals surface area contributed by atoms with E-state index in [1.807, 2.05) is 36.0 Å². The van der Waals surface area contributed by atoms with Gasteiger partial charge in [0, 0.05) is 52.2 Å². The van der Waals surface area contributed by atoms with Crippen molar-refractivity contribution in [3.63, 3.8) is 0 Å². The standard InChI is InChI=1S/C24H20F2N2O2S/c1-28-13-19(17-9-10-27-23(17)24(28)29)18-12-16(31-15-3-2-4-15)6-8-21(18)30-22-7-5-14(25)11-20(22)26/h5-13,15,27H,2-4H2,1H3. The SMILES string of the molecule is Cn1cc(-c2cc(SC3CCC3)ccc2Oc2ccc(F)cc2F)c2cc[nH]c2c1=O. The molecule has 0 spiro atoms. The van der Waals surface area contributed by atoms with E-state index in [1.165, 1.54) is 29.9 Å². The maximum absolute atomic E-state index is 14.3. The van der Waals surface area contributed by atoms with Crippen molar-refractivity contribution in [1.82, 2.24) is 9.55 Å². The molecule has 0 atom stereocenters. The summed E-state index contributed by atoms with van der Waals surface area (Å²) < 4.78 is 35.0. The van der Waals surface area contributed by atoms with Crippen molar-refractivity contribution in [3.05, 3.63) is 76.8 Å². The molecule has 2 heterocycles. The molecule has 0 unspecified atom stereocenters. The molecule has 158 valence electrons. The van der Waals surface area contributed by atoms with E-state index in [0.717, 1.165) is 33.5 Å². The summed E-state index contributed by atoms with van der Waals surface area (Å²) in [5, 5.41) is 1.36. The molecular weight excluding hydrogens is 418 g/mol. The van der Waals surface area contributed by atoms with E-state index in [1.54, 1.807) is 19.4 Å². The Labute approximate surface area is 181 Å². The summed E-state index contributed by atoms with van der Waals surface area (Å²) in [6.45, 7) is 0. The molecule has 0 saturated heterocycles. The Balaban J connectivity index is 1.66. The Kier molecular flexibility index (Phi) is 5.06. The first-order valence-corrected chi connectivity index (χ1v) is 11.0. The number of aryl methyl sites for hydroxylation is 1. The zero-order valence-electron chi connectivity index (χ0n) is 16.8. The molecule has 2 aromatic carbocycles. The monoisotopic (exact) mass is 438 g/mol. The fourth-order valence-corrected chi connectivity index (χ4v) is 5.01. The van der Waals surface area contributed by atoms with Gasteiger partial charge in [0.2, 0.25) is 0 Å². The van der Waals surface area contributed by atoms with Gasteiger partial charge in [-0.3, -0.25) is 4.79 Å². The zero-order valence-corrected chi connectivity index (χ0v) is 17.6. The fraction of sp³-hybridized carbons (Fsp3) is 0.208. The summed E-state index contributed by atoms with van der Waals surface area (Å²) in [5.41, 5.74) is 1.91. The second-order valence-electron chi connectivity index (χ2n) is 7.73. The van der Waals surface area contributed by atoms with Crippen molar-refractivity contribution < 1.29 is 13.5 Å². The van der Waals surface area contributed by atoms with Gasteiger partial charge in [0.1, 0.15) is 17.1 Å². The van der Waals surface area contributed by atoms with Gasteiger partial charge in [0.15, 0.2) is 11.6 Å². The summed E-state index contributed by atoms with van der Waals surface area (Å²) in [7, 11) is 1.69. The van der Waals surface area contributed by atoms with Crippen molar-refractivity contribution in [3.8, 4) is 22.6 Å². The molecule has 1 N–H and O–H groups in total. The maximum Gasteiger partial charge on any atom is 0.274 e. The van der Waals surface area contributed by atoms with Crippen LogP contribution in [0.5, 0.6) is 11.5 Å². The minimum absolute atomic E-state index is 0.0582. The van der Waals surface area contributed by atoms with Crippen LogP contribution in [0.4, 0.5) is 8.78 Å². The van der Waals surface area contributed by atoms with E-state index in [2.05, 4.69) is 4.98 Å². The lowest BCUT2D eigenvalue weighted by Gasteiger charge is -2.25. The van der Waals surface area contributed by atoms with E-state index in [4.69, 9.17) is 4.74 Å². The van der Waals surface area contributed by atoms with Crippen molar-refractivity contribution in [1.29, 1.82) is 0 Å². The van der Waals surface area contributed by atoms with E-state index < -0.39 is 11.6 Å². The normalized spacial score (nSPS) is 14.0. The van der Waals surface area contributed by atoms with Crippen molar-refractivity contribution in [2.45, 2.75) is 29.4 Å². The van der Waals surface area contributed by atoms with Gasteiger partial charge >= 0.3 is 0 Å². The molecule has 1 saturated carbocycles. The number of nitrogens with zero attached hydrogens (tertiary/aromatic N) is 1. The van der Waals surface area contributed by atoms with E-state index in [0.29, 0.717) is 16.5 Å². The Morgan fingerprint density at radius 1 is 1.06 bits per heavy atom. The highest BCUT2D eigenvalue weighted by Crippen LogP contribution is 2.42. The van der Waals surface area contributed by atoms with Gasteiger partial charge in [-0.1, -0.05) is 6.42 Å². The summed E-state index contributed by atoms with van der Waals surface area (Å²) in [6, 6.07) is 10.9. The fourth-order valence-electron chi connectivity index (χ4n) is 3.72. The molecule has 4 aromatic rings. The number of nitrogens with one attached hydrogen (secondary N) is 1. The summed E-state index contributed by atoms with van der Waals surface area (Å²) in [5.74, 6) is -1.06. The zero-order chi connectivity index (χ0) is 21.5. The average molecular weight is 438 g/mol. The highest BCUT2D eigenvalue weighted by atomic mass is 32.2. The van der Waals surface area contributed by atoms with Crippen molar-refractivity contribution in [2.24, 2.45) is 7.05 Å². The lowest BCUT2D eigenvalue weighted by molar-refractivity contribution is 0.439. The molecule has 1 aliphatic carbocycles. The van der Waals surface area contributed by atoms with Crippen LogP contribution >= 0.6 is 11.8 Å². The number of H-pyrrole nitrogens is 1. The molecule has 0 aliphatic heterocycles. The highest BCUT2D eigenvalue weighted by molar-refractivity contribution is 8.00. The molecule has 5 rings (SSSR count). The van der Waals surface area contributed by atoms with Crippen molar-refractivity contribution >= 4 is 22.7 Å². The third kappa shape index (κ3) is 3.74. The number of hydrogen-bond donors (Lipinski definition) is 1.